The minimum Gasteiger partial charge on any atom is -0.497 e. The highest BCUT2D eigenvalue weighted by Crippen LogP contribution is 2.34. The summed E-state index contributed by atoms with van der Waals surface area (Å²) in [7, 11) is 3.53. The molecule has 0 N–H and O–H groups in total. The second kappa shape index (κ2) is 8.52. The first-order valence-electron chi connectivity index (χ1n) is 7.94. The van der Waals surface area contributed by atoms with Crippen molar-refractivity contribution in [3.63, 3.8) is 0 Å². The van der Waals surface area contributed by atoms with Gasteiger partial charge in [-0.1, -0.05) is 53.2 Å². The second-order valence-electron chi connectivity index (χ2n) is 5.81. The van der Waals surface area contributed by atoms with Crippen LogP contribution in [0.4, 0.5) is 5.69 Å². The van der Waals surface area contributed by atoms with Gasteiger partial charge in [0, 0.05) is 22.8 Å². The van der Waals surface area contributed by atoms with Crippen LogP contribution in [0.3, 0.4) is 0 Å². The van der Waals surface area contributed by atoms with Gasteiger partial charge in [0.1, 0.15) is 10.1 Å². The molecule has 140 valence electrons. The van der Waals surface area contributed by atoms with E-state index < -0.39 is 0 Å². The van der Waals surface area contributed by atoms with Crippen molar-refractivity contribution < 1.29 is 9.53 Å². The van der Waals surface area contributed by atoms with E-state index in [2.05, 4.69) is 0 Å². The minimum atomic E-state index is -0.142. The maximum atomic E-state index is 12.8. The van der Waals surface area contributed by atoms with Crippen molar-refractivity contribution >= 4 is 69.2 Å². The van der Waals surface area contributed by atoms with Crippen LogP contribution in [0, 0.1) is 0 Å². The van der Waals surface area contributed by atoms with Gasteiger partial charge in [-0.15, -0.1) is 0 Å². The smallest absolute Gasteiger partial charge is 0.267 e. The maximum absolute atomic E-state index is 12.8. The second-order valence-corrected chi connectivity index (χ2v) is 8.33. The molecule has 1 fully saturated rings. The fraction of sp³-hybridized carbons (Fsp3) is 0.158. The minimum absolute atomic E-state index is 0.142. The van der Waals surface area contributed by atoms with Gasteiger partial charge in [0.15, 0.2) is 0 Å². The molecule has 0 bridgehead atoms. The molecule has 1 amide bonds. The first-order valence-corrected chi connectivity index (χ1v) is 9.92. The van der Waals surface area contributed by atoms with Crippen molar-refractivity contribution in [1.82, 2.24) is 4.90 Å². The Hall–Kier alpha value is -1.73. The standard InChI is InChI=1S/C19H16Cl2N2O2S2/c1-22(14-5-7-15(25-2)8-6-14)11-23-18(24)17(27-19(23)26)9-12-3-4-13(20)10-16(12)21/h3-10H,11H2,1-2H3/b17-9+. The fourth-order valence-corrected chi connectivity index (χ4v) is 4.21. The van der Waals surface area contributed by atoms with E-state index in [0.717, 1.165) is 17.0 Å². The zero-order valence-corrected chi connectivity index (χ0v) is 17.8. The lowest BCUT2D eigenvalue weighted by molar-refractivity contribution is -0.122. The van der Waals surface area contributed by atoms with Crippen molar-refractivity contribution in [2.75, 3.05) is 25.7 Å². The maximum Gasteiger partial charge on any atom is 0.267 e. The quantitative estimate of drug-likeness (QED) is 0.467. The number of rotatable bonds is 5. The Labute approximate surface area is 177 Å². The average Bonchev–Trinajstić information content (AvgIpc) is 2.91. The highest BCUT2D eigenvalue weighted by Gasteiger charge is 2.32. The number of amides is 1. The molecule has 0 spiro atoms. The van der Waals surface area contributed by atoms with E-state index in [1.54, 1.807) is 36.3 Å². The van der Waals surface area contributed by atoms with Crippen molar-refractivity contribution in [1.29, 1.82) is 0 Å². The largest absolute Gasteiger partial charge is 0.497 e. The lowest BCUT2D eigenvalue weighted by Gasteiger charge is -2.25. The summed E-state index contributed by atoms with van der Waals surface area (Å²) in [4.78, 5) is 16.9. The first kappa shape index (κ1) is 20.0. The van der Waals surface area contributed by atoms with E-state index in [-0.39, 0.29) is 5.91 Å². The molecule has 3 rings (SSSR count). The topological polar surface area (TPSA) is 32.8 Å². The van der Waals surface area contributed by atoms with Gasteiger partial charge in [-0.2, -0.15) is 0 Å². The van der Waals surface area contributed by atoms with Crippen molar-refractivity contribution in [2.24, 2.45) is 0 Å². The van der Waals surface area contributed by atoms with Crippen LogP contribution in [-0.2, 0) is 4.79 Å². The van der Waals surface area contributed by atoms with E-state index in [4.69, 9.17) is 40.2 Å². The summed E-state index contributed by atoms with van der Waals surface area (Å²) in [5.41, 5.74) is 1.68. The van der Waals surface area contributed by atoms with E-state index in [0.29, 0.717) is 25.9 Å². The Morgan fingerprint density at radius 1 is 1.22 bits per heavy atom. The molecule has 1 saturated heterocycles. The monoisotopic (exact) mass is 438 g/mol. The molecule has 27 heavy (non-hydrogen) atoms. The van der Waals surface area contributed by atoms with Gasteiger partial charge in [-0.05, 0) is 48.0 Å². The van der Waals surface area contributed by atoms with E-state index >= 15 is 0 Å². The van der Waals surface area contributed by atoms with Crippen LogP contribution in [-0.4, -0.2) is 36.0 Å². The fourth-order valence-electron chi connectivity index (χ4n) is 2.51. The summed E-state index contributed by atoms with van der Waals surface area (Å²) in [6.45, 7) is 0.350. The number of carbonyl (C=O) groups is 1. The summed E-state index contributed by atoms with van der Waals surface area (Å²) in [6.07, 6.45) is 1.74. The molecule has 2 aromatic carbocycles. The highest BCUT2D eigenvalue weighted by atomic mass is 35.5. The Morgan fingerprint density at radius 3 is 2.56 bits per heavy atom. The normalized spacial score (nSPS) is 15.6. The Kier molecular flexibility index (Phi) is 6.32. The highest BCUT2D eigenvalue weighted by molar-refractivity contribution is 8.26. The molecule has 1 aliphatic heterocycles. The molecule has 1 aliphatic rings. The predicted octanol–water partition coefficient (Wildman–Crippen LogP) is 5.30. The number of thioether (sulfide) groups is 1. The van der Waals surface area contributed by atoms with Crippen LogP contribution >= 0.6 is 47.2 Å². The molecule has 0 aromatic heterocycles. The number of ether oxygens (including phenoxy) is 1. The summed E-state index contributed by atoms with van der Waals surface area (Å²) >= 11 is 18.8. The van der Waals surface area contributed by atoms with Gasteiger partial charge in [-0.3, -0.25) is 9.69 Å². The van der Waals surface area contributed by atoms with Crippen LogP contribution < -0.4 is 9.64 Å². The average molecular weight is 439 g/mol. The van der Waals surface area contributed by atoms with Gasteiger partial charge in [-0.25, -0.2) is 0 Å². The van der Waals surface area contributed by atoms with Crippen molar-refractivity contribution in [3.05, 3.63) is 63.0 Å². The lowest BCUT2D eigenvalue weighted by Crippen LogP contribution is -2.38. The molecule has 0 atom stereocenters. The van der Waals surface area contributed by atoms with Crippen LogP contribution in [0.1, 0.15) is 5.56 Å². The van der Waals surface area contributed by atoms with Crippen molar-refractivity contribution in [2.45, 2.75) is 0 Å². The number of carbonyl (C=O) groups excluding carboxylic acids is 1. The Morgan fingerprint density at radius 2 is 1.93 bits per heavy atom. The number of nitrogens with zero attached hydrogens (tertiary/aromatic N) is 2. The van der Waals surface area contributed by atoms with Crippen LogP contribution in [0.15, 0.2) is 47.4 Å². The molecular formula is C19H16Cl2N2O2S2. The zero-order chi connectivity index (χ0) is 19.6. The van der Waals surface area contributed by atoms with Gasteiger partial charge in [0.25, 0.3) is 5.91 Å². The third-order valence-electron chi connectivity index (χ3n) is 3.99. The predicted molar refractivity (Wildman–Crippen MR) is 118 cm³/mol. The Balaban J connectivity index is 1.76. The summed E-state index contributed by atoms with van der Waals surface area (Å²) in [5.74, 6) is 0.636. The SMILES string of the molecule is COc1ccc(N(C)CN2C(=O)/C(=C\c3ccc(Cl)cc3Cl)SC2=S)cc1. The Bertz CT molecular complexity index is 916. The van der Waals surface area contributed by atoms with E-state index in [1.807, 2.05) is 36.2 Å². The molecule has 0 aliphatic carbocycles. The van der Waals surface area contributed by atoms with Crippen molar-refractivity contribution in [3.8, 4) is 5.75 Å². The first-order chi connectivity index (χ1) is 12.9. The number of halogens is 2. The molecular weight excluding hydrogens is 423 g/mol. The van der Waals surface area contributed by atoms with E-state index in [1.165, 1.54) is 11.8 Å². The number of thiocarbonyl (C=S) groups is 1. The third-order valence-corrected chi connectivity index (χ3v) is 5.93. The molecule has 4 nitrogen and oxygen atoms in total. The molecule has 1 heterocycles. The molecule has 0 radical (unpaired) electrons. The number of benzene rings is 2. The van der Waals surface area contributed by atoms with Crippen LogP contribution in [0.2, 0.25) is 10.0 Å². The zero-order valence-electron chi connectivity index (χ0n) is 14.6. The van der Waals surface area contributed by atoms with Crippen LogP contribution in [0.25, 0.3) is 6.08 Å². The van der Waals surface area contributed by atoms with E-state index in [9.17, 15) is 4.79 Å². The third kappa shape index (κ3) is 4.58. The number of hydrogen-bond acceptors (Lipinski definition) is 5. The molecule has 2 aromatic rings. The number of hydrogen-bond donors (Lipinski definition) is 0. The van der Waals surface area contributed by atoms with Crippen LogP contribution in [0.5, 0.6) is 5.75 Å². The molecule has 8 heteroatoms. The molecule has 0 saturated carbocycles. The summed E-state index contributed by atoms with van der Waals surface area (Å²) in [6, 6.07) is 12.8. The van der Waals surface area contributed by atoms with Gasteiger partial charge in [0.05, 0.1) is 18.7 Å². The van der Waals surface area contributed by atoms with Gasteiger partial charge >= 0.3 is 0 Å². The number of anilines is 1. The van der Waals surface area contributed by atoms with Gasteiger partial charge in [0.2, 0.25) is 0 Å². The molecule has 0 unspecified atom stereocenters. The lowest BCUT2D eigenvalue weighted by atomic mass is 10.2. The summed E-state index contributed by atoms with van der Waals surface area (Å²) in [5, 5.41) is 1.04. The summed E-state index contributed by atoms with van der Waals surface area (Å²) < 4.78 is 5.68. The van der Waals surface area contributed by atoms with Gasteiger partial charge < -0.3 is 9.64 Å². The number of methoxy groups -OCH3 is 1.